The van der Waals surface area contributed by atoms with Crippen molar-refractivity contribution in [1.82, 2.24) is 14.5 Å². The number of benzene rings is 2. The van der Waals surface area contributed by atoms with Gasteiger partial charge in [0.1, 0.15) is 5.52 Å². The molecule has 0 aliphatic carbocycles. The molecule has 4 rings (SSSR count). The van der Waals surface area contributed by atoms with E-state index in [1.54, 1.807) is 43.3 Å². The molecule has 0 saturated carbocycles. The third kappa shape index (κ3) is 3.39. The number of aryl methyl sites for hydroxylation is 1. The molecule has 0 atom stereocenters. The van der Waals surface area contributed by atoms with Crippen molar-refractivity contribution in [3.8, 4) is 0 Å². The molecule has 0 spiro atoms. The van der Waals surface area contributed by atoms with Crippen LogP contribution < -0.4 is 10.9 Å². The number of aromatic amines is 1. The summed E-state index contributed by atoms with van der Waals surface area (Å²) < 4.78 is 7.12. The minimum atomic E-state index is -0.218. The monoisotopic (exact) mass is 380 g/mol. The molecule has 0 unspecified atom stereocenters. The zero-order valence-electron chi connectivity index (χ0n) is 14.5. The van der Waals surface area contributed by atoms with E-state index in [2.05, 4.69) is 15.3 Å². The molecule has 136 valence electrons. The van der Waals surface area contributed by atoms with E-state index in [0.717, 1.165) is 0 Å². The minimum absolute atomic E-state index is 0.117. The number of carbonyl (C=O) groups is 1. The zero-order valence-corrected chi connectivity index (χ0v) is 15.3. The lowest BCUT2D eigenvalue weighted by atomic mass is 10.2. The van der Waals surface area contributed by atoms with Crippen LogP contribution in [-0.2, 0) is 11.3 Å². The van der Waals surface area contributed by atoms with Crippen LogP contribution in [0.25, 0.3) is 22.0 Å². The fraction of sp³-hybridized carbons (Fsp3) is 0.158. The maximum absolute atomic E-state index is 12.6. The third-order valence-corrected chi connectivity index (χ3v) is 4.55. The van der Waals surface area contributed by atoms with Crippen molar-refractivity contribution in [2.75, 3.05) is 5.32 Å². The topological polar surface area (TPSA) is 92.9 Å². The Bertz CT molecular complexity index is 1290. The Kier molecular flexibility index (Phi) is 4.33. The fourth-order valence-electron chi connectivity index (χ4n) is 2.96. The van der Waals surface area contributed by atoms with Crippen molar-refractivity contribution in [2.45, 2.75) is 19.9 Å². The summed E-state index contributed by atoms with van der Waals surface area (Å²) in [7, 11) is 0. The normalized spacial score (nSPS) is 11.1. The number of hydrogen-bond acceptors (Lipinski definition) is 5. The van der Waals surface area contributed by atoms with Crippen molar-refractivity contribution < 1.29 is 9.21 Å². The number of fused-ring (bicyclic) bond motifs is 2. The van der Waals surface area contributed by atoms with Gasteiger partial charge in [-0.25, -0.2) is 4.98 Å². The molecule has 2 heterocycles. The molecule has 8 heteroatoms. The molecule has 0 fully saturated rings. The summed E-state index contributed by atoms with van der Waals surface area (Å²) in [6, 6.07) is 12.4. The first-order valence-electron chi connectivity index (χ1n) is 8.40. The van der Waals surface area contributed by atoms with Crippen LogP contribution in [-0.4, -0.2) is 20.4 Å². The van der Waals surface area contributed by atoms with Crippen LogP contribution in [0.3, 0.4) is 0 Å². The Hall–Kier alpha value is -3.26. The van der Waals surface area contributed by atoms with E-state index in [1.165, 1.54) is 4.57 Å². The second-order valence-electron chi connectivity index (χ2n) is 6.15. The van der Waals surface area contributed by atoms with Crippen molar-refractivity contribution >= 4 is 45.8 Å². The molecule has 2 aromatic heterocycles. The van der Waals surface area contributed by atoms with Crippen molar-refractivity contribution in [2.24, 2.45) is 0 Å². The van der Waals surface area contributed by atoms with E-state index in [-0.39, 0.29) is 24.4 Å². The molecular formula is C19H16N4O3S. The Morgan fingerprint density at radius 1 is 1.30 bits per heavy atom. The average Bonchev–Trinajstić information content (AvgIpc) is 3.01. The fourth-order valence-corrected chi connectivity index (χ4v) is 3.24. The van der Waals surface area contributed by atoms with Crippen molar-refractivity contribution in [3.63, 3.8) is 0 Å². The lowest BCUT2D eigenvalue weighted by molar-refractivity contribution is -0.116. The summed E-state index contributed by atoms with van der Waals surface area (Å²) >= 11 is 5.26. The van der Waals surface area contributed by atoms with Crippen LogP contribution in [0.5, 0.6) is 0 Å². The largest absolute Gasteiger partial charge is 0.441 e. The van der Waals surface area contributed by atoms with E-state index < -0.39 is 0 Å². The highest BCUT2D eigenvalue weighted by molar-refractivity contribution is 7.71. The van der Waals surface area contributed by atoms with Crippen LogP contribution in [0.2, 0.25) is 0 Å². The maximum atomic E-state index is 12.6. The predicted molar refractivity (Wildman–Crippen MR) is 105 cm³/mol. The Morgan fingerprint density at radius 2 is 2.11 bits per heavy atom. The summed E-state index contributed by atoms with van der Waals surface area (Å²) in [6.45, 7) is 1.96. The van der Waals surface area contributed by atoms with Gasteiger partial charge in [0, 0.05) is 25.6 Å². The number of H-pyrrole nitrogens is 1. The standard InChI is InChI=1S/C19H16N4O3S/c1-11-20-15-10-12(6-7-16(15)26-11)21-17(24)8-9-23-18(25)13-4-2-3-5-14(13)22-19(23)27/h2-7,10H,8-9H2,1H3,(H,21,24)(H,22,27). The quantitative estimate of drug-likeness (QED) is 0.528. The minimum Gasteiger partial charge on any atom is -0.441 e. The first kappa shape index (κ1) is 17.2. The average molecular weight is 380 g/mol. The number of nitrogens with zero attached hydrogens (tertiary/aromatic N) is 2. The number of para-hydroxylation sites is 1. The van der Waals surface area contributed by atoms with Gasteiger partial charge >= 0.3 is 0 Å². The Balaban J connectivity index is 1.51. The molecule has 2 aromatic carbocycles. The summed E-state index contributed by atoms with van der Waals surface area (Å²) in [5, 5.41) is 3.35. The maximum Gasteiger partial charge on any atom is 0.262 e. The van der Waals surface area contributed by atoms with E-state index in [1.807, 2.05) is 6.07 Å². The lowest BCUT2D eigenvalue weighted by Crippen LogP contribution is -2.25. The van der Waals surface area contributed by atoms with Gasteiger partial charge < -0.3 is 14.7 Å². The molecule has 0 saturated heterocycles. The second kappa shape index (κ2) is 6.81. The summed E-state index contributed by atoms with van der Waals surface area (Å²) in [4.78, 5) is 32.2. The molecule has 0 aliphatic heterocycles. The highest BCUT2D eigenvalue weighted by Crippen LogP contribution is 2.19. The van der Waals surface area contributed by atoms with Crippen LogP contribution >= 0.6 is 12.2 Å². The van der Waals surface area contributed by atoms with Gasteiger partial charge in [-0.2, -0.15) is 0 Å². The van der Waals surface area contributed by atoms with Crippen LogP contribution in [0.1, 0.15) is 12.3 Å². The molecule has 0 bridgehead atoms. The van der Waals surface area contributed by atoms with Gasteiger partial charge in [0.2, 0.25) is 5.91 Å². The van der Waals surface area contributed by atoms with Crippen molar-refractivity contribution in [3.05, 3.63) is 63.5 Å². The summed E-state index contributed by atoms with van der Waals surface area (Å²) in [5.41, 5.74) is 2.45. The van der Waals surface area contributed by atoms with E-state index in [9.17, 15) is 9.59 Å². The van der Waals surface area contributed by atoms with Gasteiger partial charge in [0.05, 0.1) is 10.9 Å². The van der Waals surface area contributed by atoms with Crippen molar-refractivity contribution in [1.29, 1.82) is 0 Å². The molecule has 7 nitrogen and oxygen atoms in total. The smallest absolute Gasteiger partial charge is 0.262 e. The molecule has 2 N–H and O–H groups in total. The predicted octanol–water partition coefficient (Wildman–Crippen LogP) is 3.54. The van der Waals surface area contributed by atoms with Crippen LogP contribution in [0.15, 0.2) is 51.7 Å². The zero-order chi connectivity index (χ0) is 19.0. The number of rotatable bonds is 4. The second-order valence-corrected chi connectivity index (χ2v) is 6.53. The van der Waals surface area contributed by atoms with Crippen LogP contribution in [0, 0.1) is 11.7 Å². The number of hydrogen-bond donors (Lipinski definition) is 2. The Labute approximate surface area is 158 Å². The molecule has 0 aliphatic rings. The third-order valence-electron chi connectivity index (χ3n) is 4.23. The van der Waals surface area contributed by atoms with Gasteiger partial charge in [-0.3, -0.25) is 14.2 Å². The summed E-state index contributed by atoms with van der Waals surface area (Å²) in [5.74, 6) is 0.349. The molecule has 4 aromatic rings. The van der Waals surface area contributed by atoms with Gasteiger partial charge in [-0.1, -0.05) is 12.1 Å². The number of nitrogens with one attached hydrogen (secondary N) is 2. The van der Waals surface area contributed by atoms with E-state index >= 15 is 0 Å². The van der Waals surface area contributed by atoms with Gasteiger partial charge in [-0.15, -0.1) is 0 Å². The summed E-state index contributed by atoms with van der Waals surface area (Å²) in [6.07, 6.45) is 0.117. The Morgan fingerprint density at radius 3 is 2.96 bits per heavy atom. The highest BCUT2D eigenvalue weighted by Gasteiger charge is 2.09. The van der Waals surface area contributed by atoms with Gasteiger partial charge in [0.15, 0.2) is 16.2 Å². The van der Waals surface area contributed by atoms with E-state index in [0.29, 0.717) is 38.4 Å². The molecular weight excluding hydrogens is 364 g/mol. The van der Waals surface area contributed by atoms with Gasteiger partial charge in [0.25, 0.3) is 5.56 Å². The highest BCUT2D eigenvalue weighted by atomic mass is 32.1. The lowest BCUT2D eigenvalue weighted by Gasteiger charge is -2.09. The first-order valence-corrected chi connectivity index (χ1v) is 8.81. The number of anilines is 1. The molecule has 0 radical (unpaired) electrons. The SMILES string of the molecule is Cc1nc2cc(NC(=O)CCn3c(=S)[nH]c4ccccc4c3=O)ccc2o1. The number of aromatic nitrogens is 3. The number of oxazole rings is 1. The molecule has 1 amide bonds. The number of amides is 1. The molecule has 27 heavy (non-hydrogen) atoms. The van der Waals surface area contributed by atoms with Crippen LogP contribution in [0.4, 0.5) is 5.69 Å². The van der Waals surface area contributed by atoms with Gasteiger partial charge in [-0.05, 0) is 42.5 Å². The first-order chi connectivity index (χ1) is 13.0. The number of carbonyl (C=O) groups excluding carboxylic acids is 1. The van der Waals surface area contributed by atoms with E-state index in [4.69, 9.17) is 16.6 Å².